The number of benzene rings is 2. The van der Waals surface area contributed by atoms with E-state index < -0.39 is 0 Å². The minimum Gasteiger partial charge on any atom is -0.354 e. The molecule has 0 aliphatic rings. The van der Waals surface area contributed by atoms with E-state index in [1.54, 1.807) is 0 Å². The summed E-state index contributed by atoms with van der Waals surface area (Å²) in [6.45, 7) is 20.5. The maximum Gasteiger partial charge on any atom is 0.0815 e. The molecule has 3 N–H and O–H groups in total. The monoisotopic (exact) mass is 490 g/mol. The van der Waals surface area contributed by atoms with E-state index in [-0.39, 0.29) is 0 Å². The average Bonchev–Trinajstić information content (AvgIpc) is 2.87. The third-order valence-corrected chi connectivity index (χ3v) is 5.35. The minimum absolute atomic E-state index is 0.463. The molecule has 0 bridgehead atoms. The van der Waals surface area contributed by atoms with Gasteiger partial charge in [0.05, 0.1) is 17.1 Å². The van der Waals surface area contributed by atoms with Gasteiger partial charge in [-0.25, -0.2) is 0 Å². The Morgan fingerprint density at radius 3 is 2.14 bits per heavy atom. The summed E-state index contributed by atoms with van der Waals surface area (Å²) in [4.78, 5) is 9.22. The second-order valence-electron chi connectivity index (χ2n) is 8.47. The number of nitrogens with zero attached hydrogens (tertiary/aromatic N) is 2. The van der Waals surface area contributed by atoms with Crippen LogP contribution < -0.4 is 11.1 Å². The zero-order chi connectivity index (χ0) is 27.3. The Balaban J connectivity index is 0.00000104. The van der Waals surface area contributed by atoms with Crippen molar-refractivity contribution in [2.45, 2.75) is 93.5 Å². The molecule has 2 rings (SSSR count). The normalized spacial score (nSPS) is 11.5. The van der Waals surface area contributed by atoms with Gasteiger partial charge in [0.25, 0.3) is 0 Å². The summed E-state index contributed by atoms with van der Waals surface area (Å²) in [5, 5.41) is 3.37. The Kier molecular flexibility index (Phi) is 18.6. The fourth-order valence-corrected chi connectivity index (χ4v) is 3.58. The highest BCUT2D eigenvalue weighted by Crippen LogP contribution is 2.22. The van der Waals surface area contributed by atoms with Gasteiger partial charge in [0.15, 0.2) is 0 Å². The molecule has 2 aromatic carbocycles. The van der Waals surface area contributed by atoms with E-state index in [1.807, 2.05) is 83.3 Å². The molecule has 2 aromatic rings. The van der Waals surface area contributed by atoms with Gasteiger partial charge in [-0.15, -0.1) is 0 Å². The number of aryl methyl sites for hydroxylation is 1. The van der Waals surface area contributed by atoms with Crippen LogP contribution in [-0.2, 0) is 6.42 Å². The first-order chi connectivity index (χ1) is 17.4. The fourth-order valence-electron chi connectivity index (χ4n) is 3.58. The van der Waals surface area contributed by atoms with Crippen LogP contribution >= 0.6 is 0 Å². The Hall–Kier alpha value is -2.98. The highest BCUT2D eigenvalue weighted by atomic mass is 14.9. The molecule has 0 saturated heterocycles. The van der Waals surface area contributed by atoms with Gasteiger partial charge in [0.1, 0.15) is 0 Å². The van der Waals surface area contributed by atoms with Crippen molar-refractivity contribution in [1.82, 2.24) is 0 Å². The quantitative estimate of drug-likeness (QED) is 0.243. The molecule has 198 valence electrons. The summed E-state index contributed by atoms with van der Waals surface area (Å²) < 4.78 is 0. The van der Waals surface area contributed by atoms with E-state index in [0.29, 0.717) is 6.04 Å². The number of para-hydroxylation sites is 2. The molecule has 4 heteroatoms. The van der Waals surface area contributed by atoms with Crippen LogP contribution in [0.25, 0.3) is 0 Å². The van der Waals surface area contributed by atoms with Gasteiger partial charge >= 0.3 is 0 Å². The zero-order valence-electron chi connectivity index (χ0n) is 24.1. The van der Waals surface area contributed by atoms with Gasteiger partial charge in [0, 0.05) is 30.1 Å². The van der Waals surface area contributed by atoms with Crippen LogP contribution in [0.2, 0.25) is 0 Å². The highest BCUT2D eigenvalue weighted by Gasteiger charge is 2.06. The summed E-state index contributed by atoms with van der Waals surface area (Å²) >= 11 is 0. The molecule has 4 nitrogen and oxygen atoms in total. The second kappa shape index (κ2) is 20.2. The third kappa shape index (κ3) is 13.2. The van der Waals surface area contributed by atoms with Crippen molar-refractivity contribution in [3.63, 3.8) is 0 Å². The van der Waals surface area contributed by atoms with E-state index in [2.05, 4.69) is 49.8 Å². The number of allylic oxidation sites excluding steroid dienone is 1. The number of hydrogen-bond acceptors (Lipinski definition) is 4. The molecular formula is C32H50N4. The predicted octanol–water partition coefficient (Wildman–Crippen LogP) is 9.19. The van der Waals surface area contributed by atoms with Gasteiger partial charge in [-0.3, -0.25) is 9.98 Å². The lowest BCUT2D eigenvalue weighted by Crippen LogP contribution is -2.18. The number of aliphatic imine (C=N–C) groups is 2. The predicted molar refractivity (Wildman–Crippen MR) is 164 cm³/mol. The van der Waals surface area contributed by atoms with Gasteiger partial charge in [0.2, 0.25) is 0 Å². The SMILES string of the molecule is C=C(Nc1ccccc1C)/C(=C/C)N=C(C)Cc1ccccc1N=CC.CC.CCCC(N)CCC. The fraction of sp³-hybridized carbons (Fsp3) is 0.438. The lowest BCUT2D eigenvalue weighted by Gasteiger charge is -2.13. The van der Waals surface area contributed by atoms with Crippen LogP contribution in [0.15, 0.2) is 82.6 Å². The Morgan fingerprint density at radius 1 is 1.00 bits per heavy atom. The number of anilines is 1. The first kappa shape index (κ1) is 33.0. The Bertz CT molecular complexity index is 964. The second-order valence-corrected chi connectivity index (χ2v) is 8.47. The standard InChI is InChI=1S/C23H27N3.C7H17N.C2H6/c1-6-21(19(5)26-22-14-10-8-12-17(22)3)25-18(4)16-20-13-9-11-15-23(20)24-7-2;1-3-5-7(8)6-4-2;1-2/h6-15,26H,5,16H2,1-4H3;7H,3-6,8H2,1-2H3;1-2H3/b21-6-,24-7?,25-18?;;. The topological polar surface area (TPSA) is 62.8 Å². The van der Waals surface area contributed by atoms with Gasteiger partial charge in [-0.1, -0.05) is 89.6 Å². The van der Waals surface area contributed by atoms with E-state index >= 15 is 0 Å². The maximum absolute atomic E-state index is 5.69. The zero-order valence-corrected chi connectivity index (χ0v) is 24.1. The molecule has 0 heterocycles. The van der Waals surface area contributed by atoms with Crippen molar-refractivity contribution in [3.05, 3.63) is 83.7 Å². The summed E-state index contributed by atoms with van der Waals surface area (Å²) in [6.07, 6.45) is 9.37. The third-order valence-electron chi connectivity index (χ3n) is 5.35. The molecule has 36 heavy (non-hydrogen) atoms. The Morgan fingerprint density at radius 2 is 1.58 bits per heavy atom. The van der Waals surface area contributed by atoms with Crippen molar-refractivity contribution in [3.8, 4) is 0 Å². The number of hydrogen-bond donors (Lipinski definition) is 2. The molecule has 0 aromatic heterocycles. The van der Waals surface area contributed by atoms with Crippen LogP contribution in [0.4, 0.5) is 11.4 Å². The Labute approximate surface area is 221 Å². The molecule has 0 amide bonds. The van der Waals surface area contributed by atoms with Crippen LogP contribution in [-0.4, -0.2) is 18.0 Å². The molecule has 0 fully saturated rings. The largest absolute Gasteiger partial charge is 0.354 e. The molecule has 0 aliphatic heterocycles. The minimum atomic E-state index is 0.463. The van der Waals surface area contributed by atoms with Crippen LogP contribution in [0.1, 0.15) is 85.3 Å². The summed E-state index contributed by atoms with van der Waals surface area (Å²) in [6, 6.07) is 16.8. The van der Waals surface area contributed by atoms with E-state index in [9.17, 15) is 0 Å². The smallest absolute Gasteiger partial charge is 0.0815 e. The van der Waals surface area contributed by atoms with Gasteiger partial charge in [-0.05, 0) is 63.8 Å². The van der Waals surface area contributed by atoms with Gasteiger partial charge < -0.3 is 11.1 Å². The van der Waals surface area contributed by atoms with Crippen molar-refractivity contribution in [2.24, 2.45) is 15.7 Å². The molecule has 0 unspecified atom stereocenters. The summed E-state index contributed by atoms with van der Waals surface area (Å²) in [7, 11) is 0. The summed E-state index contributed by atoms with van der Waals surface area (Å²) in [5.41, 5.74) is 12.7. The molecule has 0 spiro atoms. The maximum atomic E-state index is 5.69. The van der Waals surface area contributed by atoms with Gasteiger partial charge in [-0.2, -0.15) is 0 Å². The molecule has 0 aliphatic carbocycles. The molecular weight excluding hydrogens is 440 g/mol. The van der Waals surface area contributed by atoms with Crippen LogP contribution in [0, 0.1) is 6.92 Å². The number of nitrogens with one attached hydrogen (secondary N) is 1. The van der Waals surface area contributed by atoms with E-state index in [0.717, 1.165) is 34.9 Å². The number of rotatable bonds is 11. The lowest BCUT2D eigenvalue weighted by atomic mass is 10.1. The molecule has 0 radical (unpaired) electrons. The molecule has 0 atom stereocenters. The van der Waals surface area contributed by atoms with Crippen molar-refractivity contribution in [2.75, 3.05) is 5.32 Å². The highest BCUT2D eigenvalue weighted by molar-refractivity contribution is 5.87. The van der Waals surface area contributed by atoms with Crippen LogP contribution in [0.3, 0.4) is 0 Å². The first-order valence-corrected chi connectivity index (χ1v) is 13.4. The van der Waals surface area contributed by atoms with Crippen molar-refractivity contribution >= 4 is 23.3 Å². The van der Waals surface area contributed by atoms with Crippen molar-refractivity contribution < 1.29 is 0 Å². The first-order valence-electron chi connectivity index (χ1n) is 13.4. The average molecular weight is 491 g/mol. The summed E-state index contributed by atoms with van der Waals surface area (Å²) in [5.74, 6) is 0. The van der Waals surface area contributed by atoms with Crippen LogP contribution in [0.5, 0.6) is 0 Å². The van der Waals surface area contributed by atoms with E-state index in [1.165, 1.54) is 36.8 Å². The lowest BCUT2D eigenvalue weighted by molar-refractivity contribution is 0.554. The number of nitrogens with two attached hydrogens (primary N) is 1. The molecule has 0 saturated carbocycles. The van der Waals surface area contributed by atoms with E-state index in [4.69, 9.17) is 10.7 Å². The van der Waals surface area contributed by atoms with Crippen molar-refractivity contribution in [1.29, 1.82) is 0 Å².